The summed E-state index contributed by atoms with van der Waals surface area (Å²) < 4.78 is 56.9. The van der Waals surface area contributed by atoms with Crippen molar-refractivity contribution in [1.29, 1.82) is 0 Å². The van der Waals surface area contributed by atoms with Gasteiger partial charge in [-0.1, -0.05) is 0 Å². The summed E-state index contributed by atoms with van der Waals surface area (Å²) in [4.78, 5) is 22.8. The second kappa shape index (κ2) is 21.2. The normalized spacial score (nSPS) is 50.1. The number of aliphatic hydroxyl groups is 13. The number of hydrogen-bond acceptors (Lipinski definition) is 22. The monoisotopic (exact) mass is 903 g/mol. The number of aliphatic hydroxyl groups excluding tert-OH is 11. The number of carbonyl (C=O) groups is 2. The largest absolute Gasteiger partial charge is 0.481 e. The van der Waals surface area contributed by atoms with E-state index in [0.717, 1.165) is 0 Å². The molecule has 6 rings (SSSR count). The molecule has 6 fully saturated rings. The number of esters is 1. The third-order valence-corrected chi connectivity index (χ3v) is 13.1. The molecule has 24 heteroatoms. The molecule has 2 aliphatic carbocycles. The summed E-state index contributed by atoms with van der Waals surface area (Å²) in [7, 11) is 2.88. The van der Waals surface area contributed by atoms with E-state index in [1.54, 1.807) is 0 Å². The fraction of sp³-hybridized carbons (Fsp3) is 0.947. The first-order valence-corrected chi connectivity index (χ1v) is 20.8. The van der Waals surface area contributed by atoms with Crippen LogP contribution in [0.3, 0.4) is 0 Å². The number of carboxylic acid groups (broad SMARTS) is 1. The van der Waals surface area contributed by atoms with E-state index in [4.69, 9.17) is 52.5 Å². The van der Waals surface area contributed by atoms with Gasteiger partial charge in [0, 0.05) is 33.0 Å². The van der Waals surface area contributed by atoms with Crippen LogP contribution in [0.5, 0.6) is 0 Å². The van der Waals surface area contributed by atoms with Gasteiger partial charge in [0.2, 0.25) is 0 Å². The molecule has 2 saturated carbocycles. The number of hydrogen-bond donors (Lipinski definition) is 12. The van der Waals surface area contributed by atoms with Gasteiger partial charge in [0.15, 0.2) is 31.1 Å². The first kappa shape index (κ1) is 49.6. The van der Waals surface area contributed by atoms with Crippen molar-refractivity contribution in [1.82, 2.24) is 0 Å². The average Bonchev–Trinajstić information content (AvgIpc) is 3.23. The molecule has 4 heterocycles. The minimum Gasteiger partial charge on any atom is -0.481 e. The number of carbonyl (C=O) groups excluding carboxylic acids is 1. The molecular weight excluding hydrogens is 840 g/mol. The van der Waals surface area contributed by atoms with Crippen LogP contribution < -0.4 is 0 Å². The maximum Gasteiger partial charge on any atom is 0.317 e. The summed E-state index contributed by atoms with van der Waals surface area (Å²) in [6, 6.07) is 0. The van der Waals surface area contributed by atoms with Gasteiger partial charge in [-0.05, 0) is 26.2 Å². The Hall–Kier alpha value is -1.86. The van der Waals surface area contributed by atoms with Crippen molar-refractivity contribution < 1.29 is 118 Å². The molecule has 358 valence electrons. The maximum atomic E-state index is 11.9. The number of fused-ring (bicyclic) bond motifs is 1. The number of rotatable bonds is 14. The van der Waals surface area contributed by atoms with Crippen molar-refractivity contribution in [3.63, 3.8) is 0 Å². The Labute approximate surface area is 355 Å². The lowest BCUT2D eigenvalue weighted by Crippen LogP contribution is -2.65. The van der Waals surface area contributed by atoms with Gasteiger partial charge in [-0.3, -0.25) is 9.59 Å². The van der Waals surface area contributed by atoms with Crippen molar-refractivity contribution in [2.24, 2.45) is 11.8 Å². The SMILES string of the molecule is COC1CC(C2[OH+]C3CC(O)CC(OC4OC(COC(=O)CC(=O)O)C(O)C(O)C4O)C3CC2OC2OC(COC3OC(C)C(O)C(O)C3O)C(O)C(O)C2O)CC(OC)C1O. The lowest BCUT2D eigenvalue weighted by molar-refractivity contribution is -0.371. The zero-order chi connectivity index (χ0) is 45.3. The van der Waals surface area contributed by atoms with Crippen LogP contribution in [-0.2, 0) is 52.2 Å². The molecular formula is C38H63O24+. The van der Waals surface area contributed by atoms with Gasteiger partial charge in [0.1, 0.15) is 92.4 Å². The average molecular weight is 904 g/mol. The molecule has 24 nitrogen and oxygen atoms in total. The van der Waals surface area contributed by atoms with Crippen molar-refractivity contribution >= 4 is 11.9 Å². The van der Waals surface area contributed by atoms with Crippen LogP contribution in [0.25, 0.3) is 0 Å². The predicted molar refractivity (Wildman–Crippen MR) is 198 cm³/mol. The van der Waals surface area contributed by atoms with E-state index in [2.05, 4.69) is 0 Å². The molecule has 13 N–H and O–H groups in total. The minimum absolute atomic E-state index is 0.0308. The second-order valence-corrected chi connectivity index (χ2v) is 17.1. The molecule has 0 aromatic rings. The molecule has 0 aromatic carbocycles. The highest BCUT2D eigenvalue weighted by Crippen LogP contribution is 2.44. The highest BCUT2D eigenvalue weighted by molar-refractivity contribution is 5.90. The Balaban J connectivity index is 1.22. The van der Waals surface area contributed by atoms with Gasteiger partial charge in [-0.25, -0.2) is 0 Å². The van der Waals surface area contributed by atoms with Crippen molar-refractivity contribution in [3.05, 3.63) is 0 Å². The number of aliphatic carboxylic acids is 1. The van der Waals surface area contributed by atoms with Crippen LogP contribution in [0.15, 0.2) is 0 Å². The second-order valence-electron chi connectivity index (χ2n) is 17.1. The molecule has 23 atom stereocenters. The lowest BCUT2D eigenvalue weighted by Gasteiger charge is -2.50. The fourth-order valence-corrected chi connectivity index (χ4v) is 9.49. The summed E-state index contributed by atoms with van der Waals surface area (Å²) in [6.45, 7) is 0.204. The number of ether oxygens (including phenoxy) is 10. The third-order valence-electron chi connectivity index (χ3n) is 13.1. The van der Waals surface area contributed by atoms with E-state index in [1.807, 2.05) is 0 Å². The van der Waals surface area contributed by atoms with E-state index >= 15 is 0 Å². The van der Waals surface area contributed by atoms with Gasteiger partial charge >= 0.3 is 11.9 Å². The Kier molecular flexibility index (Phi) is 16.9. The van der Waals surface area contributed by atoms with Crippen LogP contribution in [0.1, 0.15) is 45.4 Å². The molecule has 0 spiro atoms. The van der Waals surface area contributed by atoms with Crippen LogP contribution in [0.2, 0.25) is 0 Å². The minimum atomic E-state index is -1.86. The van der Waals surface area contributed by atoms with E-state index in [0.29, 0.717) is 0 Å². The maximum absolute atomic E-state index is 11.9. The predicted octanol–water partition coefficient (Wildman–Crippen LogP) is -6.53. The molecule has 0 radical (unpaired) electrons. The molecule has 0 aromatic heterocycles. The topological polar surface area (TPSA) is 373 Å². The van der Waals surface area contributed by atoms with E-state index in [1.165, 1.54) is 21.1 Å². The Morgan fingerprint density at radius 2 is 1.11 bits per heavy atom. The van der Waals surface area contributed by atoms with Crippen molar-refractivity contribution in [2.45, 2.75) is 186 Å². The van der Waals surface area contributed by atoms with E-state index < -0.39 is 184 Å². The molecule has 0 amide bonds. The van der Waals surface area contributed by atoms with Crippen LogP contribution in [0.4, 0.5) is 0 Å². The molecule has 4 saturated heterocycles. The van der Waals surface area contributed by atoms with Gasteiger partial charge in [0.05, 0.1) is 43.0 Å². The molecule has 0 bridgehead atoms. The summed E-state index contributed by atoms with van der Waals surface area (Å²) in [5, 5.41) is 127. The van der Waals surface area contributed by atoms with Gasteiger partial charge in [0.25, 0.3) is 0 Å². The quantitative estimate of drug-likeness (QED) is 0.0438. The number of methoxy groups -OCH3 is 2. The molecule has 23 unspecified atom stereocenters. The standard InChI is InChI=1S/C38H62O24/c1-12-25(43)29(47)32(50)36(57-12)56-11-22-28(46)31(49)34(52)38(62-22)60-20-8-15-16(58-35(20)13-4-18(53-2)26(44)19(5-13)54-3)6-14(39)7-17(15)59-37-33(51)30(48)27(45)21(61-37)10-55-24(42)9-23(40)41/h12-22,25-39,43-52H,4-11H2,1-3H3,(H,40,41)/p+1. The summed E-state index contributed by atoms with van der Waals surface area (Å²) in [5.74, 6) is -3.62. The van der Waals surface area contributed by atoms with Gasteiger partial charge < -0.3 is 109 Å². The van der Waals surface area contributed by atoms with Crippen molar-refractivity contribution in [3.8, 4) is 0 Å². The first-order chi connectivity index (χ1) is 29.3. The van der Waals surface area contributed by atoms with Gasteiger partial charge in [-0.2, -0.15) is 0 Å². The zero-order valence-corrected chi connectivity index (χ0v) is 34.4. The summed E-state index contributed by atoms with van der Waals surface area (Å²) >= 11 is 0. The van der Waals surface area contributed by atoms with E-state index in [9.17, 15) is 65.8 Å². The third kappa shape index (κ3) is 10.9. The highest BCUT2D eigenvalue weighted by atomic mass is 16.7. The zero-order valence-electron chi connectivity index (χ0n) is 34.4. The van der Waals surface area contributed by atoms with Crippen LogP contribution in [0, 0.1) is 11.8 Å². The summed E-state index contributed by atoms with van der Waals surface area (Å²) in [5.41, 5.74) is 0. The van der Waals surface area contributed by atoms with Gasteiger partial charge in [-0.15, -0.1) is 0 Å². The molecule has 62 heavy (non-hydrogen) atoms. The lowest BCUT2D eigenvalue weighted by atomic mass is 9.72. The fourth-order valence-electron chi connectivity index (χ4n) is 9.49. The Morgan fingerprint density at radius 3 is 1.68 bits per heavy atom. The molecule has 4 aliphatic heterocycles. The van der Waals surface area contributed by atoms with Crippen molar-refractivity contribution in [2.75, 3.05) is 27.4 Å². The highest BCUT2D eigenvalue weighted by Gasteiger charge is 2.58. The first-order valence-electron chi connectivity index (χ1n) is 20.8. The van der Waals surface area contributed by atoms with Crippen LogP contribution >= 0.6 is 0 Å². The smallest absolute Gasteiger partial charge is 0.317 e. The van der Waals surface area contributed by atoms with Crippen LogP contribution in [-0.4, -0.2) is 246 Å². The Bertz CT molecular complexity index is 1450. The summed E-state index contributed by atoms with van der Waals surface area (Å²) in [6.07, 6.45) is -31.1. The van der Waals surface area contributed by atoms with E-state index in [-0.39, 0.29) is 32.1 Å². The molecule has 6 aliphatic rings. The number of carboxylic acids is 1. The Morgan fingerprint density at radius 1 is 0.581 bits per heavy atom.